The van der Waals surface area contributed by atoms with Crippen LogP contribution in [0.3, 0.4) is 0 Å². The zero-order valence-electron chi connectivity index (χ0n) is 15.0. The minimum absolute atomic E-state index is 0.0735. The molecule has 128 valence electrons. The molecule has 1 aliphatic rings. The summed E-state index contributed by atoms with van der Waals surface area (Å²) in [5, 5.41) is 0.151. The number of nitrogens with one attached hydrogen (secondary N) is 1. The molecular weight excluding hydrogens is 308 g/mol. The molecule has 1 atom stereocenters. The molecule has 0 aliphatic carbocycles. The Labute approximate surface area is 139 Å². The van der Waals surface area contributed by atoms with Crippen molar-refractivity contribution < 1.29 is 9.22 Å². The van der Waals surface area contributed by atoms with Crippen molar-refractivity contribution in [2.45, 2.75) is 58.4 Å². The molecule has 1 aliphatic heterocycles. The first kappa shape index (κ1) is 17.9. The predicted molar refractivity (Wildman–Crippen MR) is 94.4 cm³/mol. The van der Waals surface area contributed by atoms with E-state index in [4.69, 9.17) is 4.43 Å². The summed E-state index contributed by atoms with van der Waals surface area (Å²) < 4.78 is 6.39. The SMILES string of the molecule is Cc1cc(=O)c(C(=O)N2CCC(O[Si](C)(C)C(C)(C)C)C2)c[nH]1. The maximum atomic E-state index is 12.5. The fourth-order valence-electron chi connectivity index (χ4n) is 2.51. The molecule has 0 radical (unpaired) electrons. The number of aromatic nitrogens is 1. The highest BCUT2D eigenvalue weighted by Crippen LogP contribution is 2.38. The lowest BCUT2D eigenvalue weighted by atomic mass is 10.2. The van der Waals surface area contributed by atoms with Crippen LogP contribution < -0.4 is 5.43 Å². The third kappa shape index (κ3) is 3.93. The van der Waals surface area contributed by atoms with Crippen LogP contribution in [0.25, 0.3) is 0 Å². The van der Waals surface area contributed by atoms with Crippen LogP contribution in [-0.4, -0.2) is 43.3 Å². The van der Waals surface area contributed by atoms with Gasteiger partial charge in [0, 0.05) is 31.0 Å². The molecule has 2 rings (SSSR count). The highest BCUT2D eigenvalue weighted by molar-refractivity contribution is 6.74. The molecule has 0 bridgehead atoms. The van der Waals surface area contributed by atoms with Crippen molar-refractivity contribution in [1.82, 2.24) is 9.88 Å². The third-order valence-electron chi connectivity index (χ3n) is 4.99. The summed E-state index contributed by atoms with van der Waals surface area (Å²) in [6, 6.07) is 1.47. The van der Waals surface area contributed by atoms with Gasteiger partial charge in [0.05, 0.1) is 6.10 Å². The van der Waals surface area contributed by atoms with Gasteiger partial charge in [0.15, 0.2) is 13.7 Å². The van der Waals surface area contributed by atoms with Gasteiger partial charge in [-0.2, -0.15) is 0 Å². The summed E-state index contributed by atoms with van der Waals surface area (Å²) in [6.07, 6.45) is 2.42. The molecule has 2 heterocycles. The number of hydrogen-bond acceptors (Lipinski definition) is 3. The van der Waals surface area contributed by atoms with Crippen molar-refractivity contribution in [3.63, 3.8) is 0 Å². The first-order chi connectivity index (χ1) is 10.5. The Morgan fingerprint density at radius 2 is 2.04 bits per heavy atom. The average molecular weight is 337 g/mol. The van der Waals surface area contributed by atoms with Gasteiger partial charge in [0.1, 0.15) is 5.56 Å². The zero-order valence-corrected chi connectivity index (χ0v) is 16.0. The fraction of sp³-hybridized carbons (Fsp3) is 0.647. The number of aromatic amines is 1. The van der Waals surface area contributed by atoms with Gasteiger partial charge in [0.2, 0.25) is 0 Å². The average Bonchev–Trinajstić information content (AvgIpc) is 2.84. The molecule has 1 amide bonds. The number of likely N-dealkylation sites (tertiary alicyclic amines) is 1. The maximum Gasteiger partial charge on any atom is 0.259 e. The van der Waals surface area contributed by atoms with Crippen LogP contribution in [0.1, 0.15) is 43.2 Å². The minimum Gasteiger partial charge on any atom is -0.412 e. The molecule has 6 heteroatoms. The Morgan fingerprint density at radius 3 is 2.61 bits per heavy atom. The summed E-state index contributed by atoms with van der Waals surface area (Å²) in [7, 11) is -1.84. The van der Waals surface area contributed by atoms with E-state index in [1.165, 1.54) is 12.3 Å². The first-order valence-electron chi connectivity index (χ1n) is 8.18. The largest absolute Gasteiger partial charge is 0.412 e. The topological polar surface area (TPSA) is 62.4 Å². The van der Waals surface area contributed by atoms with Crippen LogP contribution in [0.4, 0.5) is 0 Å². The maximum absolute atomic E-state index is 12.5. The van der Waals surface area contributed by atoms with E-state index in [-0.39, 0.29) is 28.0 Å². The lowest BCUT2D eigenvalue weighted by molar-refractivity contribution is 0.0766. The van der Waals surface area contributed by atoms with Crippen molar-refractivity contribution >= 4 is 14.2 Å². The minimum atomic E-state index is -1.84. The van der Waals surface area contributed by atoms with Crippen molar-refractivity contribution in [2.75, 3.05) is 13.1 Å². The van der Waals surface area contributed by atoms with E-state index in [2.05, 4.69) is 38.8 Å². The number of carbonyl (C=O) groups is 1. The fourth-order valence-corrected chi connectivity index (χ4v) is 3.89. The molecule has 23 heavy (non-hydrogen) atoms. The molecule has 1 N–H and O–H groups in total. The van der Waals surface area contributed by atoms with E-state index in [1.54, 1.807) is 11.8 Å². The molecule has 1 saturated heterocycles. The molecule has 0 saturated carbocycles. The van der Waals surface area contributed by atoms with E-state index in [9.17, 15) is 9.59 Å². The number of nitrogens with zero attached hydrogens (tertiary/aromatic N) is 1. The van der Waals surface area contributed by atoms with E-state index >= 15 is 0 Å². The number of rotatable bonds is 3. The lowest BCUT2D eigenvalue weighted by Crippen LogP contribution is -2.45. The van der Waals surface area contributed by atoms with Crippen LogP contribution in [0.2, 0.25) is 18.1 Å². The van der Waals surface area contributed by atoms with Gasteiger partial charge in [0.25, 0.3) is 5.91 Å². The Morgan fingerprint density at radius 1 is 1.39 bits per heavy atom. The normalized spacial score (nSPS) is 19.2. The van der Waals surface area contributed by atoms with Crippen molar-refractivity contribution in [2.24, 2.45) is 0 Å². The van der Waals surface area contributed by atoms with Gasteiger partial charge in [-0.15, -0.1) is 0 Å². The van der Waals surface area contributed by atoms with Crippen LogP contribution in [0.5, 0.6) is 0 Å². The second-order valence-electron chi connectivity index (χ2n) is 7.93. The van der Waals surface area contributed by atoms with Gasteiger partial charge in [-0.05, 0) is 31.5 Å². The van der Waals surface area contributed by atoms with Gasteiger partial charge in [-0.1, -0.05) is 20.8 Å². The molecule has 0 spiro atoms. The molecule has 1 aromatic heterocycles. The molecule has 1 unspecified atom stereocenters. The summed E-state index contributed by atoms with van der Waals surface area (Å²) >= 11 is 0. The van der Waals surface area contributed by atoms with E-state index in [0.717, 1.165) is 12.1 Å². The van der Waals surface area contributed by atoms with Crippen LogP contribution >= 0.6 is 0 Å². The number of aryl methyl sites for hydroxylation is 1. The molecular formula is C17H28N2O3Si. The van der Waals surface area contributed by atoms with Crippen molar-refractivity contribution in [1.29, 1.82) is 0 Å². The molecule has 1 fully saturated rings. The standard InChI is InChI=1S/C17H28N2O3Si/c1-12-9-15(20)14(10-18-12)16(21)19-8-7-13(11-19)22-23(5,6)17(2,3)4/h9-10,13H,7-8,11H2,1-6H3,(H,18,20). The van der Waals surface area contributed by atoms with Crippen LogP contribution in [0, 0.1) is 6.92 Å². The smallest absolute Gasteiger partial charge is 0.259 e. The molecule has 5 nitrogen and oxygen atoms in total. The second kappa shape index (κ2) is 6.24. The van der Waals surface area contributed by atoms with Gasteiger partial charge < -0.3 is 14.3 Å². The third-order valence-corrected chi connectivity index (χ3v) is 9.52. The van der Waals surface area contributed by atoms with Gasteiger partial charge >= 0.3 is 0 Å². The number of hydrogen-bond donors (Lipinski definition) is 1. The molecule has 0 aromatic carbocycles. The monoisotopic (exact) mass is 336 g/mol. The van der Waals surface area contributed by atoms with Crippen molar-refractivity contribution in [3.05, 3.63) is 33.7 Å². The predicted octanol–water partition coefficient (Wildman–Crippen LogP) is 2.92. The van der Waals surface area contributed by atoms with Crippen molar-refractivity contribution in [3.8, 4) is 0 Å². The quantitative estimate of drug-likeness (QED) is 0.863. The van der Waals surface area contributed by atoms with Gasteiger partial charge in [-0.25, -0.2) is 0 Å². The summed E-state index contributed by atoms with van der Waals surface area (Å²) in [6.45, 7) is 14.1. The second-order valence-corrected chi connectivity index (χ2v) is 12.7. The Balaban J connectivity index is 2.05. The highest BCUT2D eigenvalue weighted by atomic mass is 28.4. The zero-order chi connectivity index (χ0) is 17.4. The summed E-state index contributed by atoms with van der Waals surface area (Å²) in [5.41, 5.74) is 0.746. The first-order valence-corrected chi connectivity index (χ1v) is 11.1. The highest BCUT2D eigenvalue weighted by Gasteiger charge is 2.41. The number of amides is 1. The van der Waals surface area contributed by atoms with E-state index in [0.29, 0.717) is 13.1 Å². The Hall–Kier alpha value is -1.40. The Kier molecular flexibility index (Phi) is 4.87. The van der Waals surface area contributed by atoms with Crippen LogP contribution in [-0.2, 0) is 4.43 Å². The van der Waals surface area contributed by atoms with Crippen LogP contribution in [0.15, 0.2) is 17.1 Å². The summed E-state index contributed by atoms with van der Waals surface area (Å²) in [4.78, 5) is 29.2. The number of pyridine rings is 1. The van der Waals surface area contributed by atoms with E-state index < -0.39 is 8.32 Å². The number of carbonyl (C=O) groups excluding carboxylic acids is 1. The summed E-state index contributed by atoms with van der Waals surface area (Å²) in [5.74, 6) is -0.201. The lowest BCUT2D eigenvalue weighted by Gasteiger charge is -2.38. The molecule has 1 aromatic rings. The Bertz CT molecular complexity index is 646. The van der Waals surface area contributed by atoms with E-state index in [1.807, 2.05) is 0 Å². The van der Waals surface area contributed by atoms with Gasteiger partial charge in [-0.3, -0.25) is 9.59 Å². The number of H-pyrrole nitrogens is 1.